The molecule has 0 saturated carbocycles. The van der Waals surface area contributed by atoms with Crippen molar-refractivity contribution in [3.8, 4) is 28.0 Å². The highest BCUT2D eigenvalue weighted by atomic mass is 16.5. The number of rotatable bonds is 10. The molecule has 0 atom stereocenters. The van der Waals surface area contributed by atoms with Crippen LogP contribution in [-0.4, -0.2) is 28.8 Å². The van der Waals surface area contributed by atoms with Crippen LogP contribution in [0.15, 0.2) is 84.9 Å². The van der Waals surface area contributed by atoms with Crippen molar-refractivity contribution in [3.63, 3.8) is 0 Å². The van der Waals surface area contributed by atoms with Crippen molar-refractivity contribution >= 4 is 11.9 Å². The molecule has 0 radical (unpaired) electrons. The molecule has 37 heavy (non-hydrogen) atoms. The summed E-state index contributed by atoms with van der Waals surface area (Å²) in [7, 11) is 0. The number of carboxylic acid groups (broad SMARTS) is 2. The highest BCUT2D eigenvalue weighted by molar-refractivity contribution is 5.76. The van der Waals surface area contributed by atoms with Gasteiger partial charge in [-0.05, 0) is 82.5 Å². The second-order valence-corrected chi connectivity index (χ2v) is 9.24. The fraction of sp³-hybridized carbons (Fsp3) is 0.188. The van der Waals surface area contributed by atoms with E-state index in [4.69, 9.17) is 14.9 Å². The van der Waals surface area contributed by atoms with Crippen molar-refractivity contribution in [1.29, 1.82) is 0 Å². The Bertz CT molecular complexity index is 1420. The second-order valence-electron chi connectivity index (χ2n) is 9.24. The van der Waals surface area contributed by atoms with E-state index < -0.39 is 11.9 Å². The van der Waals surface area contributed by atoms with Crippen LogP contribution in [0.4, 0.5) is 0 Å². The highest BCUT2D eigenvalue weighted by Gasteiger charge is 2.12. The van der Waals surface area contributed by atoms with Gasteiger partial charge < -0.3 is 14.9 Å². The van der Waals surface area contributed by atoms with Gasteiger partial charge in [0, 0.05) is 12.8 Å². The van der Waals surface area contributed by atoms with Gasteiger partial charge in [0.25, 0.3) is 0 Å². The fourth-order valence-corrected chi connectivity index (χ4v) is 4.59. The predicted molar refractivity (Wildman–Crippen MR) is 145 cm³/mol. The topological polar surface area (TPSA) is 83.8 Å². The standard InChI is InChI=1S/C32H30O5/c1-21-16-24(9-15-31(33)34)8-12-28(21)25-10-13-29(22(2)17-25)26-11-14-30(37-20-32(35)36)27(19-26)18-23-6-4-3-5-7-23/h3-8,10-14,16-17,19H,9,15,18,20H2,1-2H3,(H,33,34)(H,35,36). The minimum Gasteiger partial charge on any atom is -0.482 e. The first-order chi connectivity index (χ1) is 17.8. The molecule has 0 aliphatic rings. The van der Waals surface area contributed by atoms with E-state index in [0.29, 0.717) is 18.6 Å². The summed E-state index contributed by atoms with van der Waals surface area (Å²) in [6.45, 7) is 3.75. The van der Waals surface area contributed by atoms with E-state index in [2.05, 4.69) is 50.2 Å². The molecular formula is C32H30O5. The number of hydrogen-bond donors (Lipinski definition) is 2. The number of carboxylic acids is 2. The number of benzene rings is 4. The summed E-state index contributed by atoms with van der Waals surface area (Å²) >= 11 is 0. The van der Waals surface area contributed by atoms with Crippen molar-refractivity contribution in [2.24, 2.45) is 0 Å². The van der Waals surface area contributed by atoms with Gasteiger partial charge in [0.1, 0.15) is 5.75 Å². The molecule has 0 aromatic heterocycles. The van der Waals surface area contributed by atoms with E-state index in [1.165, 1.54) is 0 Å². The maximum absolute atomic E-state index is 11.1. The molecule has 0 aliphatic carbocycles. The largest absolute Gasteiger partial charge is 0.482 e. The first-order valence-electron chi connectivity index (χ1n) is 12.2. The van der Waals surface area contributed by atoms with E-state index in [9.17, 15) is 9.59 Å². The molecule has 0 saturated heterocycles. The lowest BCUT2D eigenvalue weighted by atomic mass is 9.91. The number of aryl methyl sites for hydroxylation is 3. The molecule has 0 aliphatic heterocycles. The van der Waals surface area contributed by atoms with Crippen LogP contribution < -0.4 is 4.74 Å². The number of aliphatic carboxylic acids is 2. The normalized spacial score (nSPS) is 10.8. The maximum atomic E-state index is 11.1. The van der Waals surface area contributed by atoms with Crippen LogP contribution >= 0.6 is 0 Å². The van der Waals surface area contributed by atoms with Crippen LogP contribution in [0.1, 0.15) is 34.2 Å². The average molecular weight is 495 g/mol. The molecule has 0 spiro atoms. The van der Waals surface area contributed by atoms with E-state index >= 15 is 0 Å². The Balaban J connectivity index is 1.63. The Morgan fingerprint density at radius 2 is 1.35 bits per heavy atom. The number of ether oxygens (including phenoxy) is 1. The van der Waals surface area contributed by atoms with Gasteiger partial charge in [-0.25, -0.2) is 4.79 Å². The van der Waals surface area contributed by atoms with Crippen LogP contribution in [0.25, 0.3) is 22.3 Å². The summed E-state index contributed by atoms with van der Waals surface area (Å²) in [4.78, 5) is 22.0. The molecule has 188 valence electrons. The summed E-state index contributed by atoms with van der Waals surface area (Å²) < 4.78 is 5.59. The highest BCUT2D eigenvalue weighted by Crippen LogP contribution is 2.33. The third kappa shape index (κ3) is 6.64. The Morgan fingerprint density at radius 1 is 0.703 bits per heavy atom. The van der Waals surface area contributed by atoms with Gasteiger partial charge in [-0.2, -0.15) is 0 Å². The molecule has 4 aromatic rings. The number of hydrogen-bond acceptors (Lipinski definition) is 3. The lowest BCUT2D eigenvalue weighted by Crippen LogP contribution is -2.10. The molecule has 0 unspecified atom stereocenters. The second kappa shape index (κ2) is 11.6. The maximum Gasteiger partial charge on any atom is 0.341 e. The summed E-state index contributed by atoms with van der Waals surface area (Å²) in [5, 5.41) is 18.0. The van der Waals surface area contributed by atoms with Crippen LogP contribution in [0.2, 0.25) is 0 Å². The van der Waals surface area contributed by atoms with Crippen LogP contribution in [-0.2, 0) is 22.4 Å². The Kier molecular flexibility index (Phi) is 8.04. The van der Waals surface area contributed by atoms with Gasteiger partial charge in [0.05, 0.1) is 0 Å². The van der Waals surface area contributed by atoms with Gasteiger partial charge in [-0.15, -0.1) is 0 Å². The minimum atomic E-state index is -1.01. The summed E-state index contributed by atoms with van der Waals surface area (Å²) in [5.41, 5.74) is 9.67. The molecule has 5 nitrogen and oxygen atoms in total. The zero-order chi connectivity index (χ0) is 26.4. The molecule has 0 fully saturated rings. The summed E-state index contributed by atoms with van der Waals surface area (Å²) in [5.74, 6) is -1.23. The van der Waals surface area contributed by atoms with Gasteiger partial charge in [-0.1, -0.05) is 72.8 Å². The van der Waals surface area contributed by atoms with Crippen molar-refractivity contribution in [1.82, 2.24) is 0 Å². The first-order valence-corrected chi connectivity index (χ1v) is 12.2. The van der Waals surface area contributed by atoms with Crippen LogP contribution in [0.5, 0.6) is 5.75 Å². The van der Waals surface area contributed by atoms with Crippen molar-refractivity contribution in [2.75, 3.05) is 6.61 Å². The van der Waals surface area contributed by atoms with Gasteiger partial charge in [0.2, 0.25) is 0 Å². The SMILES string of the molecule is Cc1cc(CCC(=O)O)ccc1-c1ccc(-c2ccc(OCC(=O)O)c(Cc3ccccc3)c2)c(C)c1. The van der Waals surface area contributed by atoms with Crippen LogP contribution in [0.3, 0.4) is 0 Å². The van der Waals surface area contributed by atoms with Gasteiger partial charge in [-0.3, -0.25) is 4.79 Å². The molecule has 0 amide bonds. The van der Waals surface area contributed by atoms with E-state index in [0.717, 1.165) is 50.1 Å². The molecular weight excluding hydrogens is 464 g/mol. The zero-order valence-electron chi connectivity index (χ0n) is 21.0. The fourth-order valence-electron chi connectivity index (χ4n) is 4.59. The van der Waals surface area contributed by atoms with E-state index in [1.807, 2.05) is 48.5 Å². The predicted octanol–water partition coefficient (Wildman–Crippen LogP) is 6.71. The zero-order valence-corrected chi connectivity index (χ0v) is 21.0. The summed E-state index contributed by atoms with van der Waals surface area (Å²) in [6.07, 6.45) is 1.28. The third-order valence-electron chi connectivity index (χ3n) is 6.42. The van der Waals surface area contributed by atoms with Crippen molar-refractivity contribution in [3.05, 3.63) is 113 Å². The first kappa shape index (κ1) is 25.7. The van der Waals surface area contributed by atoms with Crippen molar-refractivity contribution < 1.29 is 24.5 Å². The summed E-state index contributed by atoms with van der Waals surface area (Å²) in [6, 6.07) is 28.4. The molecule has 0 bridgehead atoms. The molecule has 4 aromatic carbocycles. The Hall–Kier alpha value is -4.38. The molecule has 5 heteroatoms. The minimum absolute atomic E-state index is 0.124. The van der Waals surface area contributed by atoms with E-state index in [1.54, 1.807) is 0 Å². The Morgan fingerprint density at radius 3 is 2.00 bits per heavy atom. The third-order valence-corrected chi connectivity index (χ3v) is 6.42. The van der Waals surface area contributed by atoms with Crippen molar-refractivity contribution in [2.45, 2.75) is 33.1 Å². The van der Waals surface area contributed by atoms with E-state index in [-0.39, 0.29) is 13.0 Å². The lowest BCUT2D eigenvalue weighted by molar-refractivity contribution is -0.139. The number of carbonyl (C=O) groups is 2. The molecule has 4 rings (SSSR count). The molecule has 2 N–H and O–H groups in total. The van der Waals surface area contributed by atoms with Gasteiger partial charge in [0.15, 0.2) is 6.61 Å². The van der Waals surface area contributed by atoms with Crippen LogP contribution in [0, 0.1) is 13.8 Å². The monoisotopic (exact) mass is 494 g/mol. The Labute approximate surface area is 217 Å². The smallest absolute Gasteiger partial charge is 0.341 e. The lowest BCUT2D eigenvalue weighted by Gasteiger charge is -2.15. The average Bonchev–Trinajstić information content (AvgIpc) is 2.87. The van der Waals surface area contributed by atoms with Gasteiger partial charge >= 0.3 is 11.9 Å². The quantitative estimate of drug-likeness (QED) is 0.256. The molecule has 0 heterocycles.